The lowest BCUT2D eigenvalue weighted by Crippen LogP contribution is -2.51. The number of aryl methyl sites for hydroxylation is 1. The maximum absolute atomic E-state index is 13.5. The summed E-state index contributed by atoms with van der Waals surface area (Å²) >= 11 is 6.36. The number of carbonyl (C=O) groups excluding carboxylic acids is 1. The van der Waals surface area contributed by atoms with E-state index >= 15 is 0 Å². The number of anilines is 1. The summed E-state index contributed by atoms with van der Waals surface area (Å²) in [5.41, 5.74) is 3.04. The highest BCUT2D eigenvalue weighted by Gasteiger charge is 2.51. The predicted molar refractivity (Wildman–Crippen MR) is 179 cm³/mol. The lowest BCUT2D eigenvalue weighted by atomic mass is 9.85. The molecule has 6 rings (SSSR count). The van der Waals surface area contributed by atoms with Gasteiger partial charge in [-0.15, -0.1) is 0 Å². The van der Waals surface area contributed by atoms with Gasteiger partial charge in [0.1, 0.15) is 12.4 Å². The molecular weight excluding hydrogens is 610 g/mol. The molecule has 2 spiro atoms. The number of hydrogen-bond donors (Lipinski definition) is 1. The molecule has 8 nitrogen and oxygen atoms in total. The lowest BCUT2D eigenvalue weighted by molar-refractivity contribution is -0.0857. The Bertz CT molecular complexity index is 1560. The molecule has 2 aromatic rings. The Kier molecular flexibility index (Phi) is 9.27. The van der Waals surface area contributed by atoms with Crippen molar-refractivity contribution in [3.63, 3.8) is 0 Å². The van der Waals surface area contributed by atoms with Gasteiger partial charge < -0.3 is 19.3 Å². The standard InChI is InChI=1S/C35H46ClN3O5S/c1-25-7-6-13-35(24-38(3)17-18-44-35)22-34(14-15-34)23-39-16-5-4-8-27-19-30(36)11-9-29(27)21-43-32-12-10-28(20-31(32)39)33(40)37-45(41,42)26(25)2/h6,9-13,19-20,25-26H,4-5,7-8,14-18,21-24H2,1-3H3,(H,37,40)/b13-6+/t25-,26+,35-/m0/s1. The number of likely N-dealkylation sites (N-methyl/N-ethyl adjacent to an activating group) is 1. The van der Waals surface area contributed by atoms with Crippen LogP contribution in [0.15, 0.2) is 48.6 Å². The first-order valence-electron chi connectivity index (χ1n) is 16.3. The van der Waals surface area contributed by atoms with Crippen LogP contribution in [-0.4, -0.2) is 69.9 Å². The van der Waals surface area contributed by atoms with Gasteiger partial charge in [0.25, 0.3) is 5.91 Å². The van der Waals surface area contributed by atoms with Crippen molar-refractivity contribution in [2.45, 2.75) is 76.3 Å². The number of ether oxygens (including phenoxy) is 2. The Balaban J connectivity index is 1.41. The third-order valence-corrected chi connectivity index (χ3v) is 12.4. The van der Waals surface area contributed by atoms with Crippen LogP contribution in [0.3, 0.4) is 0 Å². The number of nitrogens with zero attached hydrogens (tertiary/aromatic N) is 2. The van der Waals surface area contributed by atoms with Crippen LogP contribution in [0.25, 0.3) is 0 Å². The first-order valence-corrected chi connectivity index (χ1v) is 18.2. The molecule has 1 saturated heterocycles. The van der Waals surface area contributed by atoms with Gasteiger partial charge in [-0.05, 0) is 112 Å². The summed E-state index contributed by atoms with van der Waals surface area (Å²) in [6.07, 6.45) is 10.8. The first kappa shape index (κ1) is 32.4. The Morgan fingerprint density at radius 2 is 1.84 bits per heavy atom. The zero-order chi connectivity index (χ0) is 31.8. The van der Waals surface area contributed by atoms with Crippen LogP contribution in [0, 0.1) is 11.3 Å². The molecule has 2 fully saturated rings. The number of halogens is 1. The van der Waals surface area contributed by atoms with Gasteiger partial charge in [-0.3, -0.25) is 4.79 Å². The van der Waals surface area contributed by atoms with Crippen molar-refractivity contribution < 1.29 is 22.7 Å². The zero-order valence-electron chi connectivity index (χ0n) is 26.7. The van der Waals surface area contributed by atoms with Gasteiger partial charge in [-0.2, -0.15) is 0 Å². The number of hydrogen-bond acceptors (Lipinski definition) is 7. The van der Waals surface area contributed by atoms with Crippen molar-refractivity contribution in [2.24, 2.45) is 11.3 Å². The number of morpholine rings is 1. The summed E-state index contributed by atoms with van der Waals surface area (Å²) in [7, 11) is -1.77. The fourth-order valence-electron chi connectivity index (χ4n) is 7.19. The summed E-state index contributed by atoms with van der Waals surface area (Å²) in [5.74, 6) is -0.131. The molecule has 0 unspecified atom stereocenters. The van der Waals surface area contributed by atoms with E-state index < -0.39 is 26.8 Å². The predicted octanol–water partition coefficient (Wildman–Crippen LogP) is 5.98. The SMILES string of the molecule is C[C@@H]1[C@@H](C)C/C=C/[C@@]2(CN(C)CCO2)CC2(CC2)CN2CCCCc3cc(Cl)ccc3COc3ccc(cc32)C(=O)NS1(=O)=O. The van der Waals surface area contributed by atoms with Crippen molar-refractivity contribution in [2.75, 3.05) is 44.7 Å². The molecule has 3 heterocycles. The fourth-order valence-corrected chi connectivity index (χ4v) is 8.67. The van der Waals surface area contributed by atoms with E-state index in [1.807, 2.05) is 37.3 Å². The normalized spacial score (nSPS) is 29.6. The number of allylic oxidation sites excluding steroid dienone is 1. The Morgan fingerprint density at radius 1 is 1.02 bits per heavy atom. The fraction of sp³-hybridized carbons (Fsp3) is 0.571. The van der Waals surface area contributed by atoms with Crippen LogP contribution in [0.2, 0.25) is 5.02 Å². The van der Waals surface area contributed by atoms with Crippen molar-refractivity contribution in [1.29, 1.82) is 0 Å². The van der Waals surface area contributed by atoms with E-state index in [0.29, 0.717) is 30.9 Å². The topological polar surface area (TPSA) is 88.2 Å². The summed E-state index contributed by atoms with van der Waals surface area (Å²) in [4.78, 5) is 18.2. The molecule has 3 aliphatic heterocycles. The van der Waals surface area contributed by atoms with Crippen molar-refractivity contribution in [3.05, 3.63) is 70.3 Å². The number of sulfonamides is 1. The first-order chi connectivity index (χ1) is 21.5. The molecule has 3 atom stereocenters. The third-order valence-electron chi connectivity index (χ3n) is 10.3. The molecule has 10 heteroatoms. The second-order valence-electron chi connectivity index (χ2n) is 13.9. The number of amides is 1. The van der Waals surface area contributed by atoms with Crippen LogP contribution in [0.4, 0.5) is 5.69 Å². The van der Waals surface area contributed by atoms with Gasteiger partial charge in [0, 0.05) is 36.8 Å². The summed E-state index contributed by atoms with van der Waals surface area (Å²) in [6.45, 7) is 7.92. The van der Waals surface area contributed by atoms with Gasteiger partial charge >= 0.3 is 0 Å². The van der Waals surface area contributed by atoms with Gasteiger partial charge in [-0.25, -0.2) is 13.1 Å². The summed E-state index contributed by atoms with van der Waals surface area (Å²) in [6, 6.07) is 11.3. The molecule has 2 bridgehead atoms. The quantitative estimate of drug-likeness (QED) is 0.350. The minimum Gasteiger partial charge on any atom is -0.487 e. The molecule has 1 amide bonds. The highest BCUT2D eigenvalue weighted by Crippen LogP contribution is 2.54. The van der Waals surface area contributed by atoms with Crippen LogP contribution in [0.1, 0.15) is 73.9 Å². The third kappa shape index (κ3) is 7.37. The Labute approximate surface area is 273 Å². The smallest absolute Gasteiger partial charge is 0.264 e. The zero-order valence-corrected chi connectivity index (χ0v) is 28.3. The number of nitrogens with one attached hydrogen (secondary N) is 1. The molecule has 1 N–H and O–H groups in total. The second kappa shape index (κ2) is 12.9. The Hall–Kier alpha value is -2.59. The van der Waals surface area contributed by atoms with Crippen LogP contribution in [-0.2, 0) is 27.8 Å². The van der Waals surface area contributed by atoms with Crippen molar-refractivity contribution in [1.82, 2.24) is 9.62 Å². The largest absolute Gasteiger partial charge is 0.487 e. The highest BCUT2D eigenvalue weighted by molar-refractivity contribution is 7.90. The van der Waals surface area contributed by atoms with Crippen LogP contribution < -0.4 is 14.4 Å². The highest BCUT2D eigenvalue weighted by atomic mass is 35.5. The van der Waals surface area contributed by atoms with Gasteiger partial charge in [0.2, 0.25) is 10.0 Å². The van der Waals surface area contributed by atoms with E-state index in [2.05, 4.69) is 33.7 Å². The molecule has 4 aliphatic rings. The minimum atomic E-state index is -3.92. The average Bonchev–Trinajstić information content (AvgIpc) is 3.75. The maximum Gasteiger partial charge on any atom is 0.264 e. The average molecular weight is 656 g/mol. The lowest BCUT2D eigenvalue weighted by Gasteiger charge is -2.43. The van der Waals surface area contributed by atoms with Crippen molar-refractivity contribution >= 4 is 33.2 Å². The summed E-state index contributed by atoms with van der Waals surface area (Å²) < 4.78 is 42.2. The molecule has 2 aromatic carbocycles. The monoisotopic (exact) mass is 655 g/mol. The van der Waals surface area contributed by atoms with Crippen LogP contribution >= 0.6 is 11.6 Å². The number of carbonyl (C=O) groups is 1. The van der Waals surface area contributed by atoms with E-state index in [0.717, 1.165) is 81.0 Å². The summed E-state index contributed by atoms with van der Waals surface area (Å²) in [5, 5.41) is -0.0356. The molecular formula is C35H46ClN3O5S. The molecule has 1 aliphatic carbocycles. The number of benzene rings is 2. The minimum absolute atomic E-state index is 0.0635. The Morgan fingerprint density at radius 3 is 2.62 bits per heavy atom. The molecule has 244 valence electrons. The second-order valence-corrected chi connectivity index (χ2v) is 16.4. The van der Waals surface area contributed by atoms with Crippen LogP contribution in [0.5, 0.6) is 5.75 Å². The van der Waals surface area contributed by atoms with E-state index in [1.165, 1.54) is 5.56 Å². The molecule has 1 saturated carbocycles. The van der Waals surface area contributed by atoms with Gasteiger partial charge in [0.05, 0.1) is 23.1 Å². The number of fused-ring (bicyclic) bond motifs is 2. The number of rotatable bonds is 0. The molecule has 0 aromatic heterocycles. The molecule has 0 radical (unpaired) electrons. The van der Waals surface area contributed by atoms with E-state index in [4.69, 9.17) is 21.1 Å². The van der Waals surface area contributed by atoms with E-state index in [-0.39, 0.29) is 11.3 Å². The van der Waals surface area contributed by atoms with E-state index in [9.17, 15) is 13.2 Å². The van der Waals surface area contributed by atoms with E-state index in [1.54, 1.807) is 13.0 Å². The maximum atomic E-state index is 13.5. The molecule has 45 heavy (non-hydrogen) atoms. The van der Waals surface area contributed by atoms with Gasteiger partial charge in [0.15, 0.2) is 0 Å². The van der Waals surface area contributed by atoms with Gasteiger partial charge in [-0.1, -0.05) is 36.7 Å². The van der Waals surface area contributed by atoms with Crippen molar-refractivity contribution in [3.8, 4) is 5.75 Å².